The Bertz CT molecular complexity index is 1390. The van der Waals surface area contributed by atoms with E-state index in [4.69, 9.17) is 20.6 Å². The summed E-state index contributed by atoms with van der Waals surface area (Å²) >= 11 is 0. The van der Waals surface area contributed by atoms with Gasteiger partial charge < -0.3 is 35.6 Å². The number of carboxylic acids is 1. The normalized spacial score (nSPS) is 10.4. The first kappa shape index (κ1) is 26.5. The highest BCUT2D eigenvalue weighted by atomic mass is 16.5. The number of hydrogen-bond donors (Lipinski definition) is 5. The molecular formula is C25H25N5O7. The largest absolute Gasteiger partial charge is 0.504 e. The Morgan fingerprint density at radius 1 is 1.08 bits per heavy atom. The number of ether oxygens (including phenoxy) is 2. The molecular weight excluding hydrogens is 482 g/mol. The van der Waals surface area contributed by atoms with E-state index in [2.05, 4.69) is 10.3 Å². The molecule has 0 radical (unpaired) electrons. The van der Waals surface area contributed by atoms with E-state index >= 15 is 0 Å². The Morgan fingerprint density at radius 3 is 2.43 bits per heavy atom. The first-order valence-corrected chi connectivity index (χ1v) is 10.8. The number of nitrogens with two attached hydrogens (primary N) is 1. The third kappa shape index (κ3) is 6.31. The third-order valence-electron chi connectivity index (χ3n) is 5.03. The summed E-state index contributed by atoms with van der Waals surface area (Å²) in [5, 5.41) is 29.8. The average molecular weight is 508 g/mol. The van der Waals surface area contributed by atoms with Crippen molar-refractivity contribution in [2.45, 2.75) is 6.42 Å². The molecule has 6 N–H and O–H groups in total. The lowest BCUT2D eigenvalue weighted by molar-refractivity contribution is -0.136. The van der Waals surface area contributed by atoms with Crippen molar-refractivity contribution in [2.75, 3.05) is 21.1 Å². The molecule has 12 heteroatoms. The van der Waals surface area contributed by atoms with Crippen LogP contribution in [0.5, 0.6) is 29.0 Å². The number of amidine groups is 1. The van der Waals surface area contributed by atoms with Gasteiger partial charge in [0.15, 0.2) is 11.5 Å². The lowest BCUT2D eigenvalue weighted by atomic mass is 10.1. The summed E-state index contributed by atoms with van der Waals surface area (Å²) in [5.41, 5.74) is 5.93. The number of pyridine rings is 1. The second-order valence-corrected chi connectivity index (χ2v) is 7.98. The van der Waals surface area contributed by atoms with Crippen LogP contribution in [0.4, 0.5) is 0 Å². The molecule has 37 heavy (non-hydrogen) atoms. The van der Waals surface area contributed by atoms with Gasteiger partial charge in [0, 0.05) is 38.3 Å². The summed E-state index contributed by atoms with van der Waals surface area (Å²) < 4.78 is 11.5. The van der Waals surface area contributed by atoms with Gasteiger partial charge in [-0.1, -0.05) is 6.07 Å². The van der Waals surface area contributed by atoms with Crippen molar-refractivity contribution in [3.8, 4) is 29.0 Å². The number of nitrogens with one attached hydrogen (secondary N) is 2. The number of aromatic hydroxyl groups is 1. The predicted molar refractivity (Wildman–Crippen MR) is 133 cm³/mol. The van der Waals surface area contributed by atoms with Crippen molar-refractivity contribution >= 4 is 23.6 Å². The first-order chi connectivity index (χ1) is 17.5. The fourth-order valence-electron chi connectivity index (χ4n) is 3.28. The van der Waals surface area contributed by atoms with Crippen LogP contribution in [0, 0.1) is 5.41 Å². The predicted octanol–water partition coefficient (Wildman–Crippen LogP) is 2.34. The van der Waals surface area contributed by atoms with Crippen molar-refractivity contribution in [1.82, 2.24) is 15.2 Å². The number of amides is 2. The fraction of sp³-hybridized carbons (Fsp3) is 0.160. The summed E-state index contributed by atoms with van der Waals surface area (Å²) in [6.45, 7) is 0. The molecule has 0 saturated carbocycles. The van der Waals surface area contributed by atoms with Crippen LogP contribution in [0.1, 0.15) is 31.8 Å². The summed E-state index contributed by atoms with van der Waals surface area (Å²) in [4.78, 5) is 42.2. The molecule has 0 fully saturated rings. The number of benzene rings is 2. The summed E-state index contributed by atoms with van der Waals surface area (Å²) in [5.74, 6) is -3.25. The van der Waals surface area contributed by atoms with Gasteiger partial charge in [-0.05, 0) is 42.0 Å². The zero-order chi connectivity index (χ0) is 27.3. The zero-order valence-electron chi connectivity index (χ0n) is 20.2. The van der Waals surface area contributed by atoms with Crippen LogP contribution in [0.3, 0.4) is 0 Å². The number of carbonyl (C=O) groups is 3. The highest BCUT2D eigenvalue weighted by Crippen LogP contribution is 2.36. The molecule has 0 aliphatic rings. The van der Waals surface area contributed by atoms with Crippen molar-refractivity contribution in [2.24, 2.45) is 5.73 Å². The van der Waals surface area contributed by atoms with Gasteiger partial charge in [-0.25, -0.2) is 0 Å². The van der Waals surface area contributed by atoms with Crippen LogP contribution in [-0.2, 0) is 11.2 Å². The molecule has 2 amide bonds. The number of phenolic OH excluding ortho intramolecular Hbond substituents is 1. The Kier molecular flexibility index (Phi) is 7.92. The van der Waals surface area contributed by atoms with E-state index in [1.807, 2.05) is 0 Å². The number of phenols is 1. The minimum Gasteiger partial charge on any atom is -0.504 e. The third-order valence-corrected chi connectivity index (χ3v) is 5.03. The molecule has 0 saturated heterocycles. The molecule has 0 aliphatic carbocycles. The van der Waals surface area contributed by atoms with Gasteiger partial charge in [-0.15, -0.1) is 0 Å². The van der Waals surface area contributed by atoms with E-state index in [1.165, 1.54) is 42.3 Å². The molecule has 12 nitrogen and oxygen atoms in total. The molecule has 0 spiro atoms. The van der Waals surface area contributed by atoms with Gasteiger partial charge in [-0.2, -0.15) is 4.98 Å². The number of aromatic nitrogens is 1. The van der Waals surface area contributed by atoms with E-state index in [9.17, 15) is 24.6 Å². The molecule has 3 rings (SSSR count). The van der Waals surface area contributed by atoms with Gasteiger partial charge in [-0.3, -0.25) is 19.8 Å². The van der Waals surface area contributed by atoms with Crippen LogP contribution in [0.15, 0.2) is 48.5 Å². The Morgan fingerprint density at radius 2 is 1.81 bits per heavy atom. The van der Waals surface area contributed by atoms with Crippen LogP contribution >= 0.6 is 0 Å². The molecule has 1 heterocycles. The highest BCUT2D eigenvalue weighted by molar-refractivity contribution is 5.99. The maximum Gasteiger partial charge on any atom is 0.307 e. The maximum absolute atomic E-state index is 12.7. The summed E-state index contributed by atoms with van der Waals surface area (Å²) in [6, 6.07) is 11.5. The van der Waals surface area contributed by atoms with Crippen LogP contribution < -0.4 is 20.5 Å². The van der Waals surface area contributed by atoms with E-state index in [-0.39, 0.29) is 57.4 Å². The topological polar surface area (TPSA) is 188 Å². The number of aliphatic carboxylic acids is 1. The Balaban J connectivity index is 2.14. The summed E-state index contributed by atoms with van der Waals surface area (Å²) in [6.07, 6.45) is -0.573. The van der Waals surface area contributed by atoms with Gasteiger partial charge in [0.2, 0.25) is 11.8 Å². The number of nitrogen functional groups attached to an aromatic ring is 1. The zero-order valence-corrected chi connectivity index (χ0v) is 20.2. The molecule has 1 aromatic heterocycles. The Hall–Kier alpha value is -5.13. The Labute approximate surface area is 211 Å². The minimum absolute atomic E-state index is 0.0228. The molecule has 192 valence electrons. The molecule has 0 bridgehead atoms. The standard InChI is InChI=1S/C25H25N5O7/c1-28-23(34)21-15(12-20(32)33)11-19(36-16-6-4-5-14(9-16)25(35)30(2)3)29-24(21)37-18-10-13(22(26)27)7-8-17(18)31/h4-11,31H,12H2,1-3H3,(H3,26,27)(H,28,34)(H,32,33). The van der Waals surface area contributed by atoms with Crippen LogP contribution in [0.25, 0.3) is 0 Å². The highest BCUT2D eigenvalue weighted by Gasteiger charge is 2.24. The second kappa shape index (κ2) is 11.1. The van der Waals surface area contributed by atoms with Gasteiger partial charge >= 0.3 is 5.97 Å². The molecule has 2 aromatic carbocycles. The molecule has 0 aliphatic heterocycles. The molecule has 0 unspecified atom stereocenters. The second-order valence-electron chi connectivity index (χ2n) is 7.98. The molecule has 0 atom stereocenters. The van der Waals surface area contributed by atoms with Crippen molar-refractivity contribution in [3.63, 3.8) is 0 Å². The lowest BCUT2D eigenvalue weighted by Crippen LogP contribution is -2.22. The van der Waals surface area contributed by atoms with Crippen molar-refractivity contribution in [1.29, 1.82) is 5.41 Å². The summed E-state index contributed by atoms with van der Waals surface area (Å²) in [7, 11) is 4.56. The first-order valence-electron chi connectivity index (χ1n) is 10.8. The number of hydrogen-bond acceptors (Lipinski definition) is 8. The van der Waals surface area contributed by atoms with E-state index < -0.39 is 18.3 Å². The van der Waals surface area contributed by atoms with Gasteiger partial charge in [0.25, 0.3) is 11.8 Å². The number of carbonyl (C=O) groups excluding carboxylic acids is 2. The van der Waals surface area contributed by atoms with E-state index in [0.29, 0.717) is 5.56 Å². The van der Waals surface area contributed by atoms with Gasteiger partial charge in [0.05, 0.1) is 6.42 Å². The molecule has 3 aromatic rings. The average Bonchev–Trinajstić information content (AvgIpc) is 2.84. The quantitative estimate of drug-likeness (QED) is 0.214. The van der Waals surface area contributed by atoms with Gasteiger partial charge in [0.1, 0.15) is 17.1 Å². The van der Waals surface area contributed by atoms with Crippen molar-refractivity contribution < 1.29 is 34.1 Å². The fourth-order valence-corrected chi connectivity index (χ4v) is 3.28. The minimum atomic E-state index is -1.23. The number of nitrogens with zero attached hydrogens (tertiary/aromatic N) is 2. The SMILES string of the molecule is CNC(=O)c1c(CC(=O)O)cc(Oc2cccc(C(=O)N(C)C)c2)nc1Oc1cc(C(=N)N)ccc1O. The maximum atomic E-state index is 12.7. The number of rotatable bonds is 9. The smallest absolute Gasteiger partial charge is 0.307 e. The van der Waals surface area contributed by atoms with Crippen molar-refractivity contribution in [3.05, 3.63) is 70.8 Å². The van der Waals surface area contributed by atoms with Crippen LogP contribution in [-0.4, -0.2) is 64.9 Å². The lowest BCUT2D eigenvalue weighted by Gasteiger charge is -2.16. The monoisotopic (exact) mass is 507 g/mol. The van der Waals surface area contributed by atoms with E-state index in [0.717, 1.165) is 0 Å². The number of carboxylic acid groups (broad SMARTS) is 1. The van der Waals surface area contributed by atoms with Crippen LogP contribution in [0.2, 0.25) is 0 Å². The van der Waals surface area contributed by atoms with E-state index in [1.54, 1.807) is 32.3 Å².